The SMILES string of the molecule is C[C@H]1Cc2ccccc2N1S(=O)(=O)c1cccc(C(=O)NCc2nc3ccccc3n2C)c1. The molecule has 168 valence electrons. The highest BCUT2D eigenvalue weighted by molar-refractivity contribution is 7.92. The van der Waals surface area contributed by atoms with E-state index in [1.807, 2.05) is 67.1 Å². The first-order valence-electron chi connectivity index (χ1n) is 10.8. The van der Waals surface area contributed by atoms with Gasteiger partial charge in [0.1, 0.15) is 5.82 Å². The second kappa shape index (κ2) is 8.04. The van der Waals surface area contributed by atoms with Crippen LogP contribution in [0.15, 0.2) is 77.7 Å². The average Bonchev–Trinajstić information content (AvgIpc) is 3.33. The number of nitrogens with one attached hydrogen (secondary N) is 1. The number of hydrogen-bond donors (Lipinski definition) is 1. The summed E-state index contributed by atoms with van der Waals surface area (Å²) in [6.07, 6.45) is 0.660. The number of hydrogen-bond acceptors (Lipinski definition) is 4. The Morgan fingerprint density at radius 3 is 2.64 bits per heavy atom. The summed E-state index contributed by atoms with van der Waals surface area (Å²) in [7, 11) is -1.91. The van der Waals surface area contributed by atoms with Crippen LogP contribution in [-0.2, 0) is 30.0 Å². The van der Waals surface area contributed by atoms with Crippen LogP contribution in [-0.4, -0.2) is 29.9 Å². The number of anilines is 1. The molecule has 33 heavy (non-hydrogen) atoms. The van der Waals surface area contributed by atoms with E-state index < -0.39 is 10.0 Å². The topological polar surface area (TPSA) is 84.3 Å². The van der Waals surface area contributed by atoms with Gasteiger partial charge in [-0.05, 0) is 55.3 Å². The minimum Gasteiger partial charge on any atom is -0.345 e. The summed E-state index contributed by atoms with van der Waals surface area (Å²) in [4.78, 5) is 17.5. The summed E-state index contributed by atoms with van der Waals surface area (Å²) in [5.41, 5.74) is 3.83. The summed E-state index contributed by atoms with van der Waals surface area (Å²) >= 11 is 0. The molecule has 2 heterocycles. The van der Waals surface area contributed by atoms with E-state index in [0.717, 1.165) is 22.4 Å². The molecule has 1 N–H and O–H groups in total. The number of fused-ring (bicyclic) bond motifs is 2. The van der Waals surface area contributed by atoms with Gasteiger partial charge < -0.3 is 9.88 Å². The molecule has 0 bridgehead atoms. The number of aromatic nitrogens is 2. The Hall–Kier alpha value is -3.65. The van der Waals surface area contributed by atoms with Crippen LogP contribution in [0.2, 0.25) is 0 Å². The van der Waals surface area contributed by atoms with Gasteiger partial charge in [0.25, 0.3) is 15.9 Å². The van der Waals surface area contributed by atoms with Gasteiger partial charge in [0.05, 0.1) is 28.2 Å². The minimum absolute atomic E-state index is 0.0985. The lowest BCUT2D eigenvalue weighted by atomic mass is 10.1. The van der Waals surface area contributed by atoms with E-state index in [4.69, 9.17) is 0 Å². The Balaban J connectivity index is 1.38. The third-order valence-electron chi connectivity index (χ3n) is 6.08. The van der Waals surface area contributed by atoms with Crippen molar-refractivity contribution < 1.29 is 13.2 Å². The second-order valence-electron chi connectivity index (χ2n) is 8.27. The number of imidazole rings is 1. The number of rotatable bonds is 5. The van der Waals surface area contributed by atoms with Crippen LogP contribution >= 0.6 is 0 Å². The zero-order valence-electron chi connectivity index (χ0n) is 18.4. The predicted octanol–water partition coefficient (Wildman–Crippen LogP) is 3.64. The lowest BCUT2D eigenvalue weighted by Gasteiger charge is -2.24. The normalized spacial score (nSPS) is 15.6. The van der Waals surface area contributed by atoms with Crippen molar-refractivity contribution >= 4 is 32.7 Å². The fourth-order valence-electron chi connectivity index (χ4n) is 4.43. The number of nitrogens with zero attached hydrogens (tertiary/aromatic N) is 3. The van der Waals surface area contributed by atoms with E-state index in [2.05, 4.69) is 10.3 Å². The molecule has 1 atom stereocenters. The maximum absolute atomic E-state index is 13.5. The fraction of sp³-hybridized carbons (Fsp3) is 0.200. The molecule has 0 radical (unpaired) electrons. The summed E-state index contributed by atoms with van der Waals surface area (Å²) in [5, 5.41) is 2.86. The predicted molar refractivity (Wildman–Crippen MR) is 128 cm³/mol. The van der Waals surface area contributed by atoms with Crippen molar-refractivity contribution in [3.05, 3.63) is 89.7 Å². The summed E-state index contributed by atoms with van der Waals surface area (Å²) in [6.45, 7) is 2.13. The van der Waals surface area contributed by atoms with Crippen molar-refractivity contribution in [2.75, 3.05) is 4.31 Å². The standard InChI is InChI=1S/C25H24N4O3S/c1-17-14-18-8-3-5-12-22(18)29(17)33(31,32)20-10-7-9-19(15-20)25(30)26-16-24-27-21-11-4-6-13-23(21)28(24)2/h3-13,15,17H,14,16H2,1-2H3,(H,26,30)/t17-/m0/s1. The molecule has 0 fully saturated rings. The van der Waals surface area contributed by atoms with Crippen LogP contribution in [0, 0.1) is 0 Å². The zero-order valence-corrected chi connectivity index (χ0v) is 19.2. The first-order chi connectivity index (χ1) is 15.9. The maximum Gasteiger partial charge on any atom is 0.264 e. The third kappa shape index (κ3) is 3.66. The Morgan fingerprint density at radius 1 is 1.06 bits per heavy atom. The third-order valence-corrected chi connectivity index (χ3v) is 8.01. The fourth-order valence-corrected chi connectivity index (χ4v) is 6.17. The van der Waals surface area contributed by atoms with Gasteiger partial charge >= 0.3 is 0 Å². The molecule has 0 unspecified atom stereocenters. The van der Waals surface area contributed by atoms with E-state index in [0.29, 0.717) is 12.1 Å². The van der Waals surface area contributed by atoms with E-state index in [1.54, 1.807) is 12.1 Å². The second-order valence-corrected chi connectivity index (χ2v) is 10.1. The van der Waals surface area contributed by atoms with Gasteiger partial charge in [-0.3, -0.25) is 9.10 Å². The zero-order chi connectivity index (χ0) is 23.2. The molecule has 4 aromatic rings. The minimum atomic E-state index is -3.81. The maximum atomic E-state index is 13.5. The van der Waals surface area contributed by atoms with Gasteiger partial charge in [0, 0.05) is 18.7 Å². The monoisotopic (exact) mass is 460 g/mol. The van der Waals surface area contributed by atoms with Crippen molar-refractivity contribution in [3.63, 3.8) is 0 Å². The van der Waals surface area contributed by atoms with Crippen molar-refractivity contribution in [1.82, 2.24) is 14.9 Å². The number of carbonyl (C=O) groups is 1. The molecule has 0 saturated heterocycles. The van der Waals surface area contributed by atoms with E-state index in [-0.39, 0.29) is 29.0 Å². The number of aryl methyl sites for hydroxylation is 1. The molecule has 8 heteroatoms. The Bertz CT molecular complexity index is 1480. The molecule has 1 amide bonds. The van der Waals surface area contributed by atoms with Crippen LogP contribution in [0.3, 0.4) is 0 Å². The molecule has 0 saturated carbocycles. The van der Waals surface area contributed by atoms with Crippen LogP contribution < -0.4 is 9.62 Å². The molecule has 1 aliphatic rings. The van der Waals surface area contributed by atoms with Crippen LogP contribution in [0.4, 0.5) is 5.69 Å². The Kier molecular flexibility index (Phi) is 5.17. The lowest BCUT2D eigenvalue weighted by Crippen LogP contribution is -2.35. The van der Waals surface area contributed by atoms with Gasteiger partial charge in [-0.2, -0.15) is 0 Å². The van der Waals surface area contributed by atoms with Crippen LogP contribution in [0.1, 0.15) is 28.7 Å². The number of sulfonamides is 1. The molecule has 3 aromatic carbocycles. The van der Waals surface area contributed by atoms with Gasteiger partial charge in [0.2, 0.25) is 0 Å². The van der Waals surface area contributed by atoms with Crippen molar-refractivity contribution in [3.8, 4) is 0 Å². The number of carbonyl (C=O) groups excluding carboxylic acids is 1. The largest absolute Gasteiger partial charge is 0.345 e. The number of para-hydroxylation sites is 3. The molecule has 1 aromatic heterocycles. The smallest absolute Gasteiger partial charge is 0.264 e. The molecular formula is C25H24N4O3S. The van der Waals surface area contributed by atoms with Gasteiger partial charge in [-0.15, -0.1) is 0 Å². The van der Waals surface area contributed by atoms with Crippen molar-refractivity contribution in [1.29, 1.82) is 0 Å². The highest BCUT2D eigenvalue weighted by Gasteiger charge is 2.36. The number of benzene rings is 3. The molecular weight excluding hydrogens is 436 g/mol. The molecule has 1 aliphatic heterocycles. The molecule has 0 spiro atoms. The van der Waals surface area contributed by atoms with Gasteiger partial charge in [0.15, 0.2) is 0 Å². The average molecular weight is 461 g/mol. The quantitative estimate of drug-likeness (QED) is 0.493. The molecule has 5 rings (SSSR count). The molecule has 7 nitrogen and oxygen atoms in total. The summed E-state index contributed by atoms with van der Waals surface area (Å²) in [5.74, 6) is 0.366. The van der Waals surface area contributed by atoms with E-state index in [1.165, 1.54) is 16.4 Å². The first kappa shape index (κ1) is 21.2. The van der Waals surface area contributed by atoms with Gasteiger partial charge in [-0.25, -0.2) is 13.4 Å². The van der Waals surface area contributed by atoms with Crippen molar-refractivity contribution in [2.24, 2.45) is 7.05 Å². The highest BCUT2D eigenvalue weighted by atomic mass is 32.2. The van der Waals surface area contributed by atoms with E-state index in [9.17, 15) is 13.2 Å². The summed E-state index contributed by atoms with van der Waals surface area (Å²) < 4.78 is 30.4. The first-order valence-corrected chi connectivity index (χ1v) is 12.2. The van der Waals surface area contributed by atoms with Gasteiger partial charge in [-0.1, -0.05) is 36.4 Å². The van der Waals surface area contributed by atoms with Crippen LogP contribution in [0.5, 0.6) is 0 Å². The highest BCUT2D eigenvalue weighted by Crippen LogP contribution is 2.36. The summed E-state index contributed by atoms with van der Waals surface area (Å²) in [6, 6.07) is 21.3. The van der Waals surface area contributed by atoms with E-state index >= 15 is 0 Å². The Labute approximate surface area is 192 Å². The molecule has 0 aliphatic carbocycles. The Morgan fingerprint density at radius 2 is 1.82 bits per heavy atom. The number of amides is 1. The van der Waals surface area contributed by atoms with Crippen molar-refractivity contribution in [2.45, 2.75) is 30.8 Å². The lowest BCUT2D eigenvalue weighted by molar-refractivity contribution is 0.0949. The van der Waals surface area contributed by atoms with Crippen LogP contribution in [0.25, 0.3) is 11.0 Å².